The molecule has 1 unspecified atom stereocenters. The molecule has 16 heavy (non-hydrogen) atoms. The lowest BCUT2D eigenvalue weighted by atomic mass is 10.1. The van der Waals surface area contributed by atoms with Crippen molar-refractivity contribution in [2.45, 2.75) is 32.9 Å². The average molecular weight is 220 g/mol. The Labute approximate surface area is 96.3 Å². The molecule has 0 radical (unpaired) electrons. The lowest BCUT2D eigenvalue weighted by molar-refractivity contribution is 0.251. The molecule has 0 saturated carbocycles. The van der Waals surface area contributed by atoms with Gasteiger partial charge in [0.1, 0.15) is 5.82 Å². The van der Waals surface area contributed by atoms with Crippen molar-refractivity contribution < 1.29 is 4.39 Å². The van der Waals surface area contributed by atoms with Gasteiger partial charge in [0.25, 0.3) is 0 Å². The van der Waals surface area contributed by atoms with Gasteiger partial charge in [-0.25, -0.2) is 4.39 Å². The van der Waals surface area contributed by atoms with E-state index in [-0.39, 0.29) is 11.9 Å². The maximum absolute atomic E-state index is 13.1. The van der Waals surface area contributed by atoms with E-state index < -0.39 is 0 Å². The van der Waals surface area contributed by atoms with E-state index >= 15 is 0 Å². The van der Waals surface area contributed by atoms with Gasteiger partial charge < -0.3 is 0 Å². The molecular weight excluding hydrogens is 203 g/mol. The van der Waals surface area contributed by atoms with Crippen molar-refractivity contribution in [2.24, 2.45) is 0 Å². The number of halogens is 1. The molecule has 0 fully saturated rings. The van der Waals surface area contributed by atoms with Gasteiger partial charge in [0.2, 0.25) is 0 Å². The second-order valence-electron chi connectivity index (χ2n) is 4.20. The highest BCUT2D eigenvalue weighted by Gasteiger charge is 2.10. The van der Waals surface area contributed by atoms with Crippen molar-refractivity contribution in [1.82, 2.24) is 4.90 Å². The first-order valence-corrected chi connectivity index (χ1v) is 5.36. The van der Waals surface area contributed by atoms with Crippen LogP contribution in [0.5, 0.6) is 0 Å². The fraction of sp³-hybridized carbons (Fsp3) is 0.462. The van der Waals surface area contributed by atoms with Crippen LogP contribution in [-0.4, -0.2) is 18.0 Å². The predicted molar refractivity (Wildman–Crippen MR) is 62.3 cm³/mol. The van der Waals surface area contributed by atoms with Gasteiger partial charge in [-0.3, -0.25) is 4.90 Å². The number of benzene rings is 1. The molecule has 86 valence electrons. The molecule has 1 aromatic rings. The van der Waals surface area contributed by atoms with Crippen LogP contribution in [0, 0.1) is 24.1 Å². The molecule has 0 spiro atoms. The maximum Gasteiger partial charge on any atom is 0.123 e. The normalized spacial score (nSPS) is 12.5. The summed E-state index contributed by atoms with van der Waals surface area (Å²) >= 11 is 0. The van der Waals surface area contributed by atoms with Gasteiger partial charge in [-0.2, -0.15) is 5.26 Å². The minimum atomic E-state index is -0.207. The third-order valence-corrected chi connectivity index (χ3v) is 2.87. The summed E-state index contributed by atoms with van der Waals surface area (Å²) in [6.07, 6.45) is 0.491. The third kappa shape index (κ3) is 3.32. The fourth-order valence-corrected chi connectivity index (χ4v) is 1.52. The van der Waals surface area contributed by atoms with Crippen molar-refractivity contribution in [3.05, 3.63) is 35.1 Å². The van der Waals surface area contributed by atoms with Crippen molar-refractivity contribution in [2.75, 3.05) is 7.05 Å². The Bertz CT molecular complexity index is 395. The standard InChI is InChI=1S/C13H17FN2/c1-10-4-5-13(14)8-12(10)9-16(3)11(2)6-7-15/h4-5,8,11H,6,9H2,1-3H3. The SMILES string of the molecule is Cc1ccc(F)cc1CN(C)C(C)CC#N. The first kappa shape index (κ1) is 12.7. The quantitative estimate of drug-likeness (QED) is 0.780. The highest BCUT2D eigenvalue weighted by atomic mass is 19.1. The molecule has 3 heteroatoms. The van der Waals surface area contributed by atoms with Crippen LogP contribution in [0.15, 0.2) is 18.2 Å². The van der Waals surface area contributed by atoms with Crippen LogP contribution in [0.4, 0.5) is 4.39 Å². The molecule has 0 heterocycles. The van der Waals surface area contributed by atoms with Gasteiger partial charge in [0.05, 0.1) is 12.5 Å². The molecule has 1 rings (SSSR count). The van der Waals surface area contributed by atoms with Gasteiger partial charge in [-0.15, -0.1) is 0 Å². The van der Waals surface area contributed by atoms with E-state index in [0.717, 1.165) is 11.1 Å². The summed E-state index contributed by atoms with van der Waals surface area (Å²) in [6.45, 7) is 4.64. The van der Waals surface area contributed by atoms with Crippen molar-refractivity contribution in [3.63, 3.8) is 0 Å². The molecule has 0 bridgehead atoms. The van der Waals surface area contributed by atoms with Crippen LogP contribution in [0.3, 0.4) is 0 Å². The third-order valence-electron chi connectivity index (χ3n) is 2.87. The summed E-state index contributed by atoms with van der Waals surface area (Å²) in [5, 5.41) is 8.61. The zero-order chi connectivity index (χ0) is 12.1. The highest BCUT2D eigenvalue weighted by molar-refractivity contribution is 5.26. The summed E-state index contributed by atoms with van der Waals surface area (Å²) in [7, 11) is 1.95. The lowest BCUT2D eigenvalue weighted by Crippen LogP contribution is -2.28. The summed E-state index contributed by atoms with van der Waals surface area (Å²) in [5.41, 5.74) is 2.06. The van der Waals surface area contributed by atoms with E-state index in [2.05, 4.69) is 11.0 Å². The highest BCUT2D eigenvalue weighted by Crippen LogP contribution is 2.14. The zero-order valence-electron chi connectivity index (χ0n) is 10.00. The maximum atomic E-state index is 13.1. The Hall–Kier alpha value is -1.40. The second-order valence-corrected chi connectivity index (χ2v) is 4.20. The van der Waals surface area contributed by atoms with E-state index in [4.69, 9.17) is 5.26 Å². The molecule has 0 aliphatic heterocycles. The number of nitriles is 1. The summed E-state index contributed by atoms with van der Waals surface area (Å²) in [6, 6.07) is 7.15. The number of hydrogen-bond acceptors (Lipinski definition) is 2. The van der Waals surface area contributed by atoms with Crippen LogP contribution < -0.4 is 0 Å². The molecule has 0 aliphatic rings. The van der Waals surface area contributed by atoms with Gasteiger partial charge in [-0.1, -0.05) is 6.07 Å². The Morgan fingerprint density at radius 2 is 2.19 bits per heavy atom. The van der Waals surface area contributed by atoms with Crippen LogP contribution >= 0.6 is 0 Å². The second kappa shape index (κ2) is 5.62. The molecule has 0 N–H and O–H groups in total. The van der Waals surface area contributed by atoms with Crippen molar-refractivity contribution >= 4 is 0 Å². The van der Waals surface area contributed by atoms with Crippen LogP contribution in [0.25, 0.3) is 0 Å². The van der Waals surface area contributed by atoms with Crippen LogP contribution in [-0.2, 0) is 6.54 Å². The first-order chi connectivity index (χ1) is 7.54. The van der Waals surface area contributed by atoms with E-state index in [0.29, 0.717) is 13.0 Å². The minimum absolute atomic E-state index is 0.188. The molecule has 1 aromatic carbocycles. The number of aryl methyl sites for hydroxylation is 1. The molecule has 0 aromatic heterocycles. The van der Waals surface area contributed by atoms with Crippen molar-refractivity contribution in [3.8, 4) is 6.07 Å². The summed E-state index contributed by atoms with van der Waals surface area (Å²) < 4.78 is 13.1. The van der Waals surface area contributed by atoms with Gasteiger partial charge in [0.15, 0.2) is 0 Å². The zero-order valence-corrected chi connectivity index (χ0v) is 10.00. The molecule has 2 nitrogen and oxygen atoms in total. The summed E-state index contributed by atoms with van der Waals surface area (Å²) in [4.78, 5) is 2.06. The molecule has 0 amide bonds. The van der Waals surface area contributed by atoms with Crippen molar-refractivity contribution in [1.29, 1.82) is 5.26 Å². The topological polar surface area (TPSA) is 27.0 Å². The summed E-state index contributed by atoms with van der Waals surface area (Å²) in [5.74, 6) is -0.207. The molecule has 0 saturated heterocycles. The molecule has 1 atom stereocenters. The Morgan fingerprint density at radius 1 is 1.50 bits per heavy atom. The smallest absolute Gasteiger partial charge is 0.123 e. The Morgan fingerprint density at radius 3 is 2.81 bits per heavy atom. The monoisotopic (exact) mass is 220 g/mol. The van der Waals surface area contributed by atoms with E-state index in [1.807, 2.05) is 20.9 Å². The van der Waals surface area contributed by atoms with Gasteiger partial charge in [-0.05, 0) is 44.2 Å². The lowest BCUT2D eigenvalue weighted by Gasteiger charge is -2.23. The predicted octanol–water partition coefficient (Wildman–Crippen LogP) is 2.87. The largest absolute Gasteiger partial charge is 0.298 e. The Balaban J connectivity index is 2.73. The molecule has 0 aliphatic carbocycles. The van der Waals surface area contributed by atoms with Gasteiger partial charge in [0, 0.05) is 12.6 Å². The van der Waals surface area contributed by atoms with E-state index in [1.165, 1.54) is 6.07 Å². The average Bonchev–Trinajstić information content (AvgIpc) is 2.23. The van der Waals surface area contributed by atoms with Gasteiger partial charge >= 0.3 is 0 Å². The molecular formula is C13H17FN2. The number of hydrogen-bond donors (Lipinski definition) is 0. The minimum Gasteiger partial charge on any atom is -0.298 e. The fourth-order valence-electron chi connectivity index (χ4n) is 1.52. The number of nitrogens with zero attached hydrogens (tertiary/aromatic N) is 2. The van der Waals surface area contributed by atoms with E-state index in [9.17, 15) is 4.39 Å². The first-order valence-electron chi connectivity index (χ1n) is 5.36. The van der Waals surface area contributed by atoms with Crippen LogP contribution in [0.2, 0.25) is 0 Å². The number of rotatable bonds is 4. The van der Waals surface area contributed by atoms with E-state index in [1.54, 1.807) is 12.1 Å². The van der Waals surface area contributed by atoms with Crippen LogP contribution in [0.1, 0.15) is 24.5 Å². The Kier molecular flexibility index (Phi) is 4.45.